The molecular weight excluding hydrogens is 446 g/mol. The van der Waals surface area contributed by atoms with Crippen molar-refractivity contribution in [1.82, 2.24) is 15.4 Å². The molecule has 1 unspecified atom stereocenters. The summed E-state index contributed by atoms with van der Waals surface area (Å²) in [5, 5.41) is 9.71. The number of hydrogen-bond acceptors (Lipinski definition) is 6. The van der Waals surface area contributed by atoms with Crippen molar-refractivity contribution in [2.75, 3.05) is 13.1 Å². The van der Waals surface area contributed by atoms with Crippen molar-refractivity contribution < 1.29 is 24.3 Å². The Balaban J connectivity index is 1.93. The second kappa shape index (κ2) is 10.7. The Labute approximate surface area is 203 Å². The number of carbonyl (C=O) groups is 3. The van der Waals surface area contributed by atoms with Crippen LogP contribution >= 0.6 is 0 Å². The number of para-hydroxylation sites is 1. The van der Waals surface area contributed by atoms with Gasteiger partial charge in [0, 0.05) is 10.9 Å². The van der Waals surface area contributed by atoms with E-state index >= 15 is 0 Å². The van der Waals surface area contributed by atoms with E-state index in [9.17, 15) is 14.4 Å². The number of aromatic nitrogens is 1. The minimum absolute atomic E-state index is 0.0943. The number of hydrogen-bond donors (Lipinski definition) is 2. The molecule has 0 saturated carbocycles. The molecule has 0 bridgehead atoms. The van der Waals surface area contributed by atoms with E-state index in [0.29, 0.717) is 17.5 Å². The number of carbonyl (C=O) groups excluding carboxylic acids is 2. The van der Waals surface area contributed by atoms with E-state index in [0.717, 1.165) is 49.7 Å². The van der Waals surface area contributed by atoms with Crippen LogP contribution in [0.2, 0.25) is 0 Å². The van der Waals surface area contributed by atoms with Gasteiger partial charge in [0.2, 0.25) is 0 Å². The van der Waals surface area contributed by atoms with Crippen molar-refractivity contribution in [1.29, 1.82) is 0 Å². The van der Waals surface area contributed by atoms with E-state index in [1.807, 2.05) is 47.9 Å². The number of amides is 1. The molecule has 0 spiro atoms. The average Bonchev–Trinajstić information content (AvgIpc) is 3.18. The topological polar surface area (TPSA) is 109 Å². The van der Waals surface area contributed by atoms with Gasteiger partial charge in [-0.25, -0.2) is 14.6 Å². The molecule has 8 nitrogen and oxygen atoms in total. The Morgan fingerprint density at radius 3 is 2.31 bits per heavy atom. The first-order valence-electron chi connectivity index (χ1n) is 11.9. The second-order valence-corrected chi connectivity index (χ2v) is 8.68. The zero-order chi connectivity index (χ0) is 24.8. The molecule has 1 aliphatic rings. The van der Waals surface area contributed by atoms with Gasteiger partial charge in [0.05, 0.1) is 11.1 Å². The summed E-state index contributed by atoms with van der Waals surface area (Å²) < 4.78 is 0. The number of pyridine rings is 1. The van der Waals surface area contributed by atoms with Gasteiger partial charge in [-0.05, 0) is 50.0 Å². The number of fused-ring (bicyclic) bond motifs is 1. The van der Waals surface area contributed by atoms with Crippen LogP contribution in [-0.2, 0) is 20.0 Å². The summed E-state index contributed by atoms with van der Waals surface area (Å²) in [6.07, 6.45) is 5.08. The van der Waals surface area contributed by atoms with Crippen LogP contribution in [0.15, 0.2) is 60.7 Å². The number of hydroxylamine groups is 1. The molecule has 1 atom stereocenters. The maximum atomic E-state index is 13.3. The number of carboxylic acids is 1. The maximum absolute atomic E-state index is 13.3. The molecule has 182 valence electrons. The molecule has 1 amide bonds. The van der Waals surface area contributed by atoms with Crippen LogP contribution in [0.1, 0.15) is 60.6 Å². The van der Waals surface area contributed by atoms with Crippen LogP contribution in [0.3, 0.4) is 0 Å². The second-order valence-electron chi connectivity index (χ2n) is 8.68. The molecule has 35 heavy (non-hydrogen) atoms. The van der Waals surface area contributed by atoms with Gasteiger partial charge in [0.1, 0.15) is 5.69 Å². The van der Waals surface area contributed by atoms with Gasteiger partial charge >= 0.3 is 17.8 Å². The summed E-state index contributed by atoms with van der Waals surface area (Å²) in [5.41, 5.74) is 3.77. The number of nitrogens with zero attached hydrogens (tertiary/aromatic N) is 2. The number of aliphatic carboxylic acids is 1. The fourth-order valence-electron chi connectivity index (χ4n) is 5.08. The molecule has 0 radical (unpaired) electrons. The predicted molar refractivity (Wildman–Crippen MR) is 130 cm³/mol. The summed E-state index contributed by atoms with van der Waals surface area (Å²) in [7, 11) is 0. The standard InChI is InChI=1S/C27H29N3O5/c1-2-27(20-13-6-5-7-14-20,30-16-10-3-4-11-17-30)21-18-19-12-8-9-15-22(19)28-23(21)24(31)29-35-26(34)25(32)33/h5-9,12-15,18H,2-4,10-11,16-17H2,1H3,(H,29,31)(H,32,33). The van der Waals surface area contributed by atoms with Crippen LogP contribution < -0.4 is 5.48 Å². The van der Waals surface area contributed by atoms with Crippen molar-refractivity contribution >= 4 is 28.7 Å². The highest BCUT2D eigenvalue weighted by molar-refractivity contribution is 6.28. The first-order valence-corrected chi connectivity index (χ1v) is 11.9. The molecule has 1 fully saturated rings. The smallest absolute Gasteiger partial charge is 0.441 e. The molecule has 1 aliphatic heterocycles. The zero-order valence-corrected chi connectivity index (χ0v) is 19.7. The highest BCUT2D eigenvalue weighted by Crippen LogP contribution is 2.42. The Hall–Kier alpha value is -3.78. The first kappa shape index (κ1) is 24.3. The minimum atomic E-state index is -1.80. The van der Waals surface area contributed by atoms with Gasteiger partial charge in [-0.2, -0.15) is 5.48 Å². The highest BCUT2D eigenvalue weighted by Gasteiger charge is 2.42. The van der Waals surface area contributed by atoms with E-state index in [1.165, 1.54) is 0 Å². The van der Waals surface area contributed by atoms with Crippen LogP contribution in [0.5, 0.6) is 0 Å². The molecular formula is C27H29N3O5. The summed E-state index contributed by atoms with van der Waals surface area (Å²) in [4.78, 5) is 47.3. The summed E-state index contributed by atoms with van der Waals surface area (Å²) in [6, 6.07) is 19.6. The van der Waals surface area contributed by atoms with Crippen LogP contribution in [0.4, 0.5) is 0 Å². The molecule has 3 aromatic rings. The van der Waals surface area contributed by atoms with Gasteiger partial charge < -0.3 is 9.94 Å². The van der Waals surface area contributed by atoms with Gasteiger partial charge in [-0.15, -0.1) is 0 Å². The molecule has 8 heteroatoms. The Kier molecular flexibility index (Phi) is 7.41. The molecule has 2 heterocycles. The predicted octanol–water partition coefficient (Wildman–Crippen LogP) is 4.04. The molecule has 2 aromatic carbocycles. The molecule has 2 N–H and O–H groups in total. The Bertz CT molecular complexity index is 1220. The van der Waals surface area contributed by atoms with Crippen molar-refractivity contribution in [2.24, 2.45) is 0 Å². The van der Waals surface area contributed by atoms with E-state index in [4.69, 9.17) is 5.11 Å². The maximum Gasteiger partial charge on any atom is 0.441 e. The minimum Gasteiger partial charge on any atom is -0.473 e. The SMILES string of the molecule is CCC(c1ccccc1)(c1cc2ccccc2nc1C(=O)NOC(=O)C(=O)O)N1CCCCCC1. The summed E-state index contributed by atoms with van der Waals surface area (Å²) in [5.74, 6) is -4.14. The lowest BCUT2D eigenvalue weighted by molar-refractivity contribution is -0.167. The van der Waals surface area contributed by atoms with Gasteiger partial charge in [0.25, 0.3) is 0 Å². The quantitative estimate of drug-likeness (QED) is 0.423. The molecule has 0 aliphatic carbocycles. The third-order valence-electron chi connectivity index (χ3n) is 6.70. The van der Waals surface area contributed by atoms with Crippen molar-refractivity contribution in [3.8, 4) is 0 Å². The largest absolute Gasteiger partial charge is 0.473 e. The zero-order valence-electron chi connectivity index (χ0n) is 19.7. The lowest BCUT2D eigenvalue weighted by Gasteiger charge is -2.45. The first-order chi connectivity index (χ1) is 17.0. The van der Waals surface area contributed by atoms with Crippen molar-refractivity contribution in [3.63, 3.8) is 0 Å². The van der Waals surface area contributed by atoms with E-state index in [-0.39, 0.29) is 5.69 Å². The van der Waals surface area contributed by atoms with Gasteiger partial charge in [-0.3, -0.25) is 9.69 Å². The Morgan fingerprint density at radius 2 is 1.66 bits per heavy atom. The number of benzene rings is 2. The average molecular weight is 476 g/mol. The van der Waals surface area contributed by atoms with Crippen molar-refractivity contribution in [2.45, 2.75) is 44.6 Å². The third kappa shape index (κ3) is 4.88. The highest BCUT2D eigenvalue weighted by atomic mass is 16.7. The normalized spacial score (nSPS) is 16.1. The number of carboxylic acid groups (broad SMARTS) is 1. The van der Waals surface area contributed by atoms with Crippen LogP contribution in [0, 0.1) is 0 Å². The van der Waals surface area contributed by atoms with Gasteiger partial charge in [0.15, 0.2) is 0 Å². The van der Waals surface area contributed by atoms with Crippen LogP contribution in [-0.4, -0.2) is 45.9 Å². The fourth-order valence-corrected chi connectivity index (χ4v) is 5.08. The number of likely N-dealkylation sites (tertiary alicyclic amines) is 1. The molecule has 4 rings (SSSR count). The monoisotopic (exact) mass is 475 g/mol. The summed E-state index contributed by atoms with van der Waals surface area (Å²) >= 11 is 0. The van der Waals surface area contributed by atoms with E-state index in [2.05, 4.69) is 33.8 Å². The molecule has 1 aromatic heterocycles. The number of nitrogens with one attached hydrogen (secondary N) is 1. The van der Waals surface area contributed by atoms with Crippen molar-refractivity contribution in [3.05, 3.63) is 77.5 Å². The van der Waals surface area contributed by atoms with Crippen LogP contribution in [0.25, 0.3) is 10.9 Å². The van der Waals surface area contributed by atoms with Gasteiger partial charge in [-0.1, -0.05) is 68.3 Å². The third-order valence-corrected chi connectivity index (χ3v) is 6.70. The van der Waals surface area contributed by atoms with E-state index < -0.39 is 23.4 Å². The van der Waals surface area contributed by atoms with E-state index in [1.54, 1.807) is 6.07 Å². The molecule has 1 saturated heterocycles. The Morgan fingerprint density at radius 1 is 1.00 bits per heavy atom. The lowest BCUT2D eigenvalue weighted by Crippen LogP contribution is -2.49. The lowest BCUT2D eigenvalue weighted by atomic mass is 9.77. The number of rotatable bonds is 5. The fraction of sp³-hybridized carbons (Fsp3) is 0.333. The summed E-state index contributed by atoms with van der Waals surface area (Å²) in [6.45, 7) is 3.83.